The average molecular weight is 275 g/mol. The van der Waals surface area contributed by atoms with E-state index in [0.29, 0.717) is 12.8 Å². The quantitative estimate of drug-likeness (QED) is 0.742. The summed E-state index contributed by atoms with van der Waals surface area (Å²) in [6.07, 6.45) is 0.959. The standard InChI is InChI=1S/C12H21NO4S/c1-9-8-12(11(3)17-9)10(2)13-18(15,16)7-5-4-6-14/h8,10,13-14H,4-7H2,1-3H3. The largest absolute Gasteiger partial charge is 0.466 e. The van der Waals surface area contributed by atoms with Crippen molar-refractivity contribution < 1.29 is 17.9 Å². The lowest BCUT2D eigenvalue weighted by Gasteiger charge is -2.13. The number of aliphatic hydroxyl groups excluding tert-OH is 1. The lowest BCUT2D eigenvalue weighted by Crippen LogP contribution is -2.29. The van der Waals surface area contributed by atoms with E-state index in [-0.39, 0.29) is 18.4 Å². The van der Waals surface area contributed by atoms with Crippen molar-refractivity contribution in [2.24, 2.45) is 0 Å². The molecule has 0 aliphatic carbocycles. The first-order valence-corrected chi connectivity index (χ1v) is 7.68. The second-order valence-corrected chi connectivity index (χ2v) is 6.33. The second-order valence-electron chi connectivity index (χ2n) is 4.46. The van der Waals surface area contributed by atoms with Gasteiger partial charge in [-0.2, -0.15) is 0 Å². The average Bonchev–Trinajstić information content (AvgIpc) is 2.57. The number of sulfonamides is 1. The third-order valence-electron chi connectivity index (χ3n) is 2.72. The third kappa shape index (κ3) is 4.44. The summed E-state index contributed by atoms with van der Waals surface area (Å²) in [5, 5.41) is 8.63. The van der Waals surface area contributed by atoms with Gasteiger partial charge in [0.2, 0.25) is 10.0 Å². The normalized spacial score (nSPS) is 13.8. The van der Waals surface area contributed by atoms with Gasteiger partial charge < -0.3 is 9.52 Å². The van der Waals surface area contributed by atoms with E-state index in [1.807, 2.05) is 19.9 Å². The van der Waals surface area contributed by atoms with Gasteiger partial charge in [0.25, 0.3) is 0 Å². The number of hydrogen-bond acceptors (Lipinski definition) is 4. The van der Waals surface area contributed by atoms with E-state index < -0.39 is 10.0 Å². The molecule has 104 valence electrons. The summed E-state index contributed by atoms with van der Waals surface area (Å²) in [4.78, 5) is 0. The first kappa shape index (κ1) is 15.2. The number of rotatable bonds is 7. The highest BCUT2D eigenvalue weighted by atomic mass is 32.2. The Labute approximate surface area is 108 Å². The van der Waals surface area contributed by atoms with Gasteiger partial charge in [-0.05, 0) is 39.7 Å². The van der Waals surface area contributed by atoms with Crippen LogP contribution in [0.25, 0.3) is 0 Å². The van der Waals surface area contributed by atoms with Crippen LogP contribution in [0.2, 0.25) is 0 Å². The summed E-state index contributed by atoms with van der Waals surface area (Å²) in [5.41, 5.74) is 0.859. The molecule has 0 spiro atoms. The summed E-state index contributed by atoms with van der Waals surface area (Å²) in [6, 6.07) is 1.54. The fourth-order valence-electron chi connectivity index (χ4n) is 1.88. The van der Waals surface area contributed by atoms with Crippen LogP contribution in [-0.4, -0.2) is 25.9 Å². The molecule has 1 unspecified atom stereocenters. The van der Waals surface area contributed by atoms with E-state index in [2.05, 4.69) is 4.72 Å². The molecule has 0 aliphatic heterocycles. The van der Waals surface area contributed by atoms with Gasteiger partial charge >= 0.3 is 0 Å². The van der Waals surface area contributed by atoms with Crippen molar-refractivity contribution in [3.8, 4) is 0 Å². The van der Waals surface area contributed by atoms with Gasteiger partial charge in [-0.15, -0.1) is 0 Å². The molecule has 0 radical (unpaired) electrons. The summed E-state index contributed by atoms with van der Waals surface area (Å²) >= 11 is 0. The lowest BCUT2D eigenvalue weighted by molar-refractivity contribution is 0.287. The Hall–Kier alpha value is -0.850. The molecule has 1 aromatic heterocycles. The zero-order valence-corrected chi connectivity index (χ0v) is 11.9. The minimum atomic E-state index is -3.31. The summed E-state index contributed by atoms with van der Waals surface area (Å²) in [6.45, 7) is 5.46. The van der Waals surface area contributed by atoms with Crippen LogP contribution in [-0.2, 0) is 10.0 Å². The molecule has 0 aromatic carbocycles. The number of nitrogens with one attached hydrogen (secondary N) is 1. The van der Waals surface area contributed by atoms with Crippen LogP contribution < -0.4 is 4.72 Å². The first-order valence-electron chi connectivity index (χ1n) is 6.03. The highest BCUT2D eigenvalue weighted by Crippen LogP contribution is 2.21. The molecule has 0 saturated carbocycles. The molecule has 0 amide bonds. The van der Waals surface area contributed by atoms with Crippen molar-refractivity contribution in [1.29, 1.82) is 0 Å². The molecule has 5 nitrogen and oxygen atoms in total. The van der Waals surface area contributed by atoms with Gasteiger partial charge in [-0.25, -0.2) is 13.1 Å². The molecule has 18 heavy (non-hydrogen) atoms. The van der Waals surface area contributed by atoms with E-state index in [1.165, 1.54) is 0 Å². The minimum absolute atomic E-state index is 0.0190. The summed E-state index contributed by atoms with van der Waals surface area (Å²) in [7, 11) is -3.31. The zero-order valence-electron chi connectivity index (χ0n) is 11.1. The van der Waals surface area contributed by atoms with Gasteiger partial charge in [0, 0.05) is 18.2 Å². The highest BCUT2D eigenvalue weighted by molar-refractivity contribution is 7.89. The van der Waals surface area contributed by atoms with Crippen molar-refractivity contribution in [1.82, 2.24) is 4.72 Å². The second kappa shape index (κ2) is 6.36. The molecule has 6 heteroatoms. The fraction of sp³-hybridized carbons (Fsp3) is 0.667. The van der Waals surface area contributed by atoms with Crippen LogP contribution in [0, 0.1) is 13.8 Å². The number of unbranched alkanes of at least 4 members (excludes halogenated alkanes) is 1. The predicted octanol–water partition coefficient (Wildman–Crippen LogP) is 1.65. The number of furan rings is 1. The number of hydrogen-bond donors (Lipinski definition) is 2. The van der Waals surface area contributed by atoms with Crippen molar-refractivity contribution in [2.45, 2.75) is 39.7 Å². The maximum absolute atomic E-state index is 11.8. The maximum atomic E-state index is 11.8. The van der Waals surface area contributed by atoms with Crippen molar-refractivity contribution in [2.75, 3.05) is 12.4 Å². The van der Waals surface area contributed by atoms with Crippen LogP contribution in [0.4, 0.5) is 0 Å². The first-order chi connectivity index (χ1) is 8.35. The number of aryl methyl sites for hydroxylation is 2. The van der Waals surface area contributed by atoms with E-state index in [9.17, 15) is 8.42 Å². The number of aliphatic hydroxyl groups is 1. The molecule has 0 bridgehead atoms. The summed E-state index contributed by atoms with van der Waals surface area (Å²) in [5.74, 6) is 1.54. The SMILES string of the molecule is Cc1cc(C(C)NS(=O)(=O)CCCCO)c(C)o1. The molecule has 1 aromatic rings. The van der Waals surface area contributed by atoms with Crippen LogP contribution >= 0.6 is 0 Å². The smallest absolute Gasteiger partial charge is 0.212 e. The monoisotopic (exact) mass is 275 g/mol. The third-order valence-corrected chi connectivity index (χ3v) is 4.26. The lowest BCUT2D eigenvalue weighted by atomic mass is 10.1. The van der Waals surface area contributed by atoms with E-state index >= 15 is 0 Å². The minimum Gasteiger partial charge on any atom is -0.466 e. The molecule has 1 rings (SSSR count). The van der Waals surface area contributed by atoms with Crippen molar-refractivity contribution in [3.63, 3.8) is 0 Å². The van der Waals surface area contributed by atoms with Gasteiger partial charge in [-0.3, -0.25) is 0 Å². The molecule has 1 heterocycles. The van der Waals surface area contributed by atoms with Gasteiger partial charge in [0.15, 0.2) is 0 Å². The van der Waals surface area contributed by atoms with E-state index in [0.717, 1.165) is 17.1 Å². The highest BCUT2D eigenvalue weighted by Gasteiger charge is 2.18. The Morgan fingerprint density at radius 2 is 2.06 bits per heavy atom. The van der Waals surface area contributed by atoms with Crippen LogP contribution in [0.5, 0.6) is 0 Å². The molecule has 2 N–H and O–H groups in total. The maximum Gasteiger partial charge on any atom is 0.212 e. The molecule has 0 saturated heterocycles. The van der Waals surface area contributed by atoms with Crippen molar-refractivity contribution in [3.05, 3.63) is 23.2 Å². The van der Waals surface area contributed by atoms with E-state index in [1.54, 1.807) is 6.92 Å². The van der Waals surface area contributed by atoms with E-state index in [4.69, 9.17) is 9.52 Å². The van der Waals surface area contributed by atoms with Gasteiger partial charge in [-0.1, -0.05) is 0 Å². The molecular weight excluding hydrogens is 254 g/mol. The molecule has 0 aliphatic rings. The topological polar surface area (TPSA) is 79.5 Å². The molecule has 1 atom stereocenters. The Balaban J connectivity index is 2.64. The Morgan fingerprint density at radius 1 is 1.39 bits per heavy atom. The van der Waals surface area contributed by atoms with Crippen LogP contribution in [0.3, 0.4) is 0 Å². The molecular formula is C12H21NO4S. The summed E-state index contributed by atoms with van der Waals surface area (Å²) < 4.78 is 31.6. The van der Waals surface area contributed by atoms with Crippen molar-refractivity contribution >= 4 is 10.0 Å². The zero-order chi connectivity index (χ0) is 13.8. The Bertz CT molecular complexity index is 478. The predicted molar refractivity (Wildman–Crippen MR) is 69.8 cm³/mol. The van der Waals surface area contributed by atoms with Crippen LogP contribution in [0.15, 0.2) is 10.5 Å². The van der Waals surface area contributed by atoms with Gasteiger partial charge in [0.05, 0.1) is 5.75 Å². The Kier molecular flexibility index (Phi) is 5.37. The Morgan fingerprint density at radius 3 is 2.56 bits per heavy atom. The van der Waals surface area contributed by atoms with Crippen LogP contribution in [0.1, 0.15) is 42.9 Å². The van der Waals surface area contributed by atoms with Gasteiger partial charge in [0.1, 0.15) is 11.5 Å². The molecule has 0 fully saturated rings. The fourth-order valence-corrected chi connectivity index (χ4v) is 3.24.